The molecule has 1 aliphatic rings. The second kappa shape index (κ2) is 6.18. The zero-order valence-corrected chi connectivity index (χ0v) is 13.7. The lowest BCUT2D eigenvalue weighted by Gasteiger charge is -2.04. The Bertz CT molecular complexity index is 997. The minimum absolute atomic E-state index is 0.0292. The molecule has 1 unspecified atom stereocenters. The summed E-state index contributed by atoms with van der Waals surface area (Å²) < 4.78 is 5.55. The highest BCUT2D eigenvalue weighted by Crippen LogP contribution is 2.25. The molecule has 25 heavy (non-hydrogen) atoms. The highest BCUT2D eigenvalue weighted by atomic mass is 32.2. The van der Waals surface area contributed by atoms with Crippen molar-refractivity contribution in [1.82, 2.24) is 10.3 Å². The number of rotatable bonds is 4. The number of oxazole rings is 1. The first-order valence-electron chi connectivity index (χ1n) is 7.61. The molecule has 0 bridgehead atoms. The molecule has 7 heteroatoms. The summed E-state index contributed by atoms with van der Waals surface area (Å²) in [5.41, 5.74) is 2.41. The highest BCUT2D eigenvalue weighted by Gasteiger charge is 2.31. The van der Waals surface area contributed by atoms with E-state index in [0.717, 1.165) is 17.3 Å². The molecule has 0 saturated carbocycles. The van der Waals surface area contributed by atoms with Gasteiger partial charge in [-0.2, -0.15) is 0 Å². The second-order valence-electron chi connectivity index (χ2n) is 5.60. The standard InChI is InChI=1S/C18H12N2O4S/c21-15(11-4-2-1-3-5-11)17-19-12-8-10(6-7-13(12)24-17)9-14-16(22)20-18(23)25-14/h1-8,14H,9H2,(H,20,22,23). The van der Waals surface area contributed by atoms with E-state index in [1.807, 2.05) is 6.07 Å². The quantitative estimate of drug-likeness (QED) is 0.726. The third-order valence-electron chi connectivity index (χ3n) is 3.87. The summed E-state index contributed by atoms with van der Waals surface area (Å²) in [6.07, 6.45) is 0.410. The van der Waals surface area contributed by atoms with Crippen LogP contribution in [-0.4, -0.2) is 27.2 Å². The van der Waals surface area contributed by atoms with Crippen LogP contribution in [0.4, 0.5) is 4.79 Å². The van der Waals surface area contributed by atoms with Gasteiger partial charge >= 0.3 is 0 Å². The van der Waals surface area contributed by atoms with E-state index in [1.54, 1.807) is 42.5 Å². The Hall–Kier alpha value is -2.93. The maximum absolute atomic E-state index is 12.4. The van der Waals surface area contributed by atoms with E-state index in [4.69, 9.17) is 4.42 Å². The van der Waals surface area contributed by atoms with Crippen LogP contribution in [0.1, 0.15) is 21.8 Å². The number of aromatic nitrogens is 1. The molecule has 1 fully saturated rings. The van der Waals surface area contributed by atoms with Crippen molar-refractivity contribution in [1.29, 1.82) is 0 Å². The van der Waals surface area contributed by atoms with Crippen molar-refractivity contribution < 1.29 is 18.8 Å². The molecule has 0 spiro atoms. The number of nitrogens with one attached hydrogen (secondary N) is 1. The number of fused-ring (bicyclic) bond motifs is 1. The molecule has 3 aromatic rings. The Balaban J connectivity index is 1.60. The van der Waals surface area contributed by atoms with Gasteiger partial charge in [-0.25, -0.2) is 4.98 Å². The van der Waals surface area contributed by atoms with Crippen LogP contribution in [0.5, 0.6) is 0 Å². The number of carbonyl (C=O) groups excluding carboxylic acids is 3. The molecule has 124 valence electrons. The van der Waals surface area contributed by atoms with Gasteiger partial charge in [-0.1, -0.05) is 48.2 Å². The van der Waals surface area contributed by atoms with Crippen LogP contribution in [0.25, 0.3) is 11.1 Å². The largest absolute Gasteiger partial charge is 0.433 e. The number of amides is 2. The molecule has 0 radical (unpaired) electrons. The Kier molecular flexibility index (Phi) is 3.85. The van der Waals surface area contributed by atoms with Crippen molar-refractivity contribution in [2.45, 2.75) is 11.7 Å². The molecule has 2 heterocycles. The maximum Gasteiger partial charge on any atom is 0.286 e. The molecule has 4 rings (SSSR count). The summed E-state index contributed by atoms with van der Waals surface area (Å²) in [7, 11) is 0. The maximum atomic E-state index is 12.4. The number of ketones is 1. The number of benzene rings is 2. The molecular formula is C18H12N2O4S. The van der Waals surface area contributed by atoms with Crippen LogP contribution in [0, 0.1) is 0 Å². The molecule has 1 aromatic heterocycles. The number of thioether (sulfide) groups is 1. The van der Waals surface area contributed by atoms with E-state index in [0.29, 0.717) is 23.1 Å². The first-order valence-corrected chi connectivity index (χ1v) is 8.49. The molecule has 6 nitrogen and oxygen atoms in total. The zero-order chi connectivity index (χ0) is 17.4. The van der Waals surface area contributed by atoms with E-state index >= 15 is 0 Å². The van der Waals surface area contributed by atoms with Crippen LogP contribution in [0.15, 0.2) is 52.9 Å². The van der Waals surface area contributed by atoms with Crippen molar-refractivity contribution >= 4 is 39.8 Å². The molecular weight excluding hydrogens is 340 g/mol. The van der Waals surface area contributed by atoms with Crippen molar-refractivity contribution in [2.24, 2.45) is 0 Å². The van der Waals surface area contributed by atoms with E-state index in [1.165, 1.54) is 0 Å². The molecule has 1 aliphatic heterocycles. The lowest BCUT2D eigenvalue weighted by atomic mass is 10.1. The third kappa shape index (κ3) is 3.06. The zero-order valence-electron chi connectivity index (χ0n) is 12.9. The van der Waals surface area contributed by atoms with Gasteiger partial charge in [0, 0.05) is 5.56 Å². The Morgan fingerprint density at radius 2 is 1.96 bits per heavy atom. The van der Waals surface area contributed by atoms with Gasteiger partial charge in [0.2, 0.25) is 11.7 Å². The lowest BCUT2D eigenvalue weighted by Crippen LogP contribution is -2.25. The van der Waals surface area contributed by atoms with Gasteiger partial charge in [-0.15, -0.1) is 0 Å². The summed E-state index contributed by atoms with van der Waals surface area (Å²) in [6.45, 7) is 0. The smallest absolute Gasteiger partial charge is 0.286 e. The van der Waals surface area contributed by atoms with Crippen molar-refractivity contribution in [3.8, 4) is 0 Å². The summed E-state index contributed by atoms with van der Waals surface area (Å²) in [5, 5.41) is 1.50. The molecule has 1 saturated heterocycles. The fourth-order valence-electron chi connectivity index (χ4n) is 2.65. The van der Waals surface area contributed by atoms with E-state index < -0.39 is 5.25 Å². The first-order chi connectivity index (χ1) is 12.1. The molecule has 1 atom stereocenters. The van der Waals surface area contributed by atoms with Gasteiger partial charge in [-0.3, -0.25) is 19.7 Å². The number of imide groups is 1. The van der Waals surface area contributed by atoms with Crippen molar-refractivity contribution in [3.05, 3.63) is 65.5 Å². The predicted octanol–water partition coefficient (Wildman–Crippen LogP) is 2.95. The lowest BCUT2D eigenvalue weighted by molar-refractivity contribution is -0.118. The van der Waals surface area contributed by atoms with Gasteiger partial charge in [-0.05, 0) is 24.1 Å². The monoisotopic (exact) mass is 352 g/mol. The summed E-state index contributed by atoms with van der Waals surface area (Å²) in [6, 6.07) is 14.1. The summed E-state index contributed by atoms with van der Waals surface area (Å²) in [4.78, 5) is 39.6. The van der Waals surface area contributed by atoms with Crippen molar-refractivity contribution in [3.63, 3.8) is 0 Å². The van der Waals surface area contributed by atoms with Crippen LogP contribution in [0.2, 0.25) is 0 Å². The summed E-state index contributed by atoms with van der Waals surface area (Å²) >= 11 is 0.984. The SMILES string of the molecule is O=C1NC(=O)C(Cc2ccc3oc(C(=O)c4ccccc4)nc3c2)S1. The fourth-order valence-corrected chi connectivity index (χ4v) is 3.51. The van der Waals surface area contributed by atoms with Gasteiger partial charge in [0.1, 0.15) is 5.52 Å². The van der Waals surface area contributed by atoms with Crippen LogP contribution < -0.4 is 5.32 Å². The van der Waals surface area contributed by atoms with Gasteiger partial charge in [0.05, 0.1) is 5.25 Å². The average Bonchev–Trinajstić information content (AvgIpc) is 3.17. The Morgan fingerprint density at radius 1 is 1.16 bits per heavy atom. The molecule has 0 aliphatic carbocycles. The van der Waals surface area contributed by atoms with E-state index in [2.05, 4.69) is 10.3 Å². The number of carbonyl (C=O) groups is 3. The first kappa shape index (κ1) is 15.6. The van der Waals surface area contributed by atoms with Crippen LogP contribution >= 0.6 is 11.8 Å². The van der Waals surface area contributed by atoms with Crippen molar-refractivity contribution in [2.75, 3.05) is 0 Å². The van der Waals surface area contributed by atoms with Crippen LogP contribution in [-0.2, 0) is 11.2 Å². The van der Waals surface area contributed by atoms with E-state index in [-0.39, 0.29) is 22.8 Å². The normalized spacial score (nSPS) is 17.0. The number of hydrogen-bond acceptors (Lipinski definition) is 6. The number of nitrogens with zero attached hydrogens (tertiary/aromatic N) is 1. The highest BCUT2D eigenvalue weighted by molar-refractivity contribution is 8.15. The fraction of sp³-hybridized carbons (Fsp3) is 0.111. The van der Waals surface area contributed by atoms with E-state index in [9.17, 15) is 14.4 Å². The molecule has 1 N–H and O–H groups in total. The minimum atomic E-state index is -0.442. The van der Waals surface area contributed by atoms with Gasteiger partial charge in [0.15, 0.2) is 5.58 Å². The Morgan fingerprint density at radius 3 is 2.68 bits per heavy atom. The summed E-state index contributed by atoms with van der Waals surface area (Å²) in [5.74, 6) is -0.536. The Labute approximate surface area is 146 Å². The predicted molar refractivity (Wildman–Crippen MR) is 92.5 cm³/mol. The average molecular weight is 352 g/mol. The third-order valence-corrected chi connectivity index (χ3v) is 4.85. The van der Waals surface area contributed by atoms with Gasteiger partial charge < -0.3 is 4.42 Å². The van der Waals surface area contributed by atoms with Gasteiger partial charge in [0.25, 0.3) is 11.1 Å². The molecule has 2 amide bonds. The minimum Gasteiger partial charge on any atom is -0.433 e. The molecule has 2 aromatic carbocycles. The topological polar surface area (TPSA) is 89.3 Å². The number of hydrogen-bond donors (Lipinski definition) is 1. The van der Waals surface area contributed by atoms with Crippen LogP contribution in [0.3, 0.4) is 0 Å². The second-order valence-corrected chi connectivity index (χ2v) is 6.78.